The Hall–Kier alpha value is -2.08. The number of para-hydroxylation sites is 2. The minimum absolute atomic E-state index is 0.167. The van der Waals surface area contributed by atoms with E-state index in [1.165, 1.54) is 5.52 Å². The topological polar surface area (TPSA) is 50.4 Å². The van der Waals surface area contributed by atoms with Crippen molar-refractivity contribution in [3.8, 4) is 0 Å². The average Bonchev–Trinajstić information content (AvgIpc) is 2.90. The number of carbonyl (C=O) groups excluding carboxylic acids is 1. The monoisotopic (exact) mass is 301 g/mol. The van der Waals surface area contributed by atoms with Gasteiger partial charge in [-0.1, -0.05) is 12.1 Å². The molecule has 0 unspecified atom stereocenters. The molecule has 1 aromatic carbocycles. The van der Waals surface area contributed by atoms with Crippen LogP contribution in [0.25, 0.3) is 11.0 Å². The number of nitrogens with one attached hydrogen (secondary N) is 1. The molecule has 1 amide bonds. The molecule has 2 aliphatic heterocycles. The first-order chi connectivity index (χ1) is 10.8. The molecule has 0 radical (unpaired) electrons. The van der Waals surface area contributed by atoms with Gasteiger partial charge in [-0.05, 0) is 12.1 Å². The fourth-order valence-electron chi connectivity index (χ4n) is 3.36. The van der Waals surface area contributed by atoms with Gasteiger partial charge in [0.25, 0.3) is 5.91 Å². The lowest BCUT2D eigenvalue weighted by Crippen LogP contribution is -2.44. The first-order valence-electron chi connectivity index (χ1n) is 7.95. The summed E-state index contributed by atoms with van der Waals surface area (Å²) in [5, 5.41) is 3.46. The Balaban J connectivity index is 1.70. The third-order valence-electron chi connectivity index (χ3n) is 4.47. The highest BCUT2D eigenvalue weighted by molar-refractivity contribution is 5.81. The molecular weight excluding hydrogens is 280 g/mol. The number of aromatic nitrogens is 2. The van der Waals surface area contributed by atoms with E-state index in [1.807, 2.05) is 11.0 Å². The van der Waals surface area contributed by atoms with Crippen LogP contribution in [0.4, 0.5) is 5.95 Å². The van der Waals surface area contributed by atoms with E-state index in [2.05, 4.69) is 32.7 Å². The number of rotatable bonds is 2. The van der Waals surface area contributed by atoms with Crippen molar-refractivity contribution in [2.75, 3.05) is 38.2 Å². The molecule has 0 spiro atoms. The van der Waals surface area contributed by atoms with Gasteiger partial charge in [0.05, 0.1) is 26.3 Å². The third-order valence-corrected chi connectivity index (χ3v) is 4.47. The van der Waals surface area contributed by atoms with Crippen molar-refractivity contribution < 1.29 is 14.1 Å². The van der Waals surface area contributed by atoms with Crippen LogP contribution in [0.1, 0.15) is 6.42 Å². The normalized spacial score (nSPS) is 18.1. The maximum atomic E-state index is 12.6. The molecular formula is C16H21N4O2+. The number of nitrogens with zero attached hydrogens (tertiary/aromatic N) is 3. The summed E-state index contributed by atoms with van der Waals surface area (Å²) in [5.41, 5.74) is 2.31. The van der Waals surface area contributed by atoms with Gasteiger partial charge >= 0.3 is 5.95 Å². The van der Waals surface area contributed by atoms with Crippen molar-refractivity contribution >= 4 is 22.9 Å². The van der Waals surface area contributed by atoms with Crippen LogP contribution in [0.3, 0.4) is 0 Å². The van der Waals surface area contributed by atoms with E-state index in [4.69, 9.17) is 4.74 Å². The van der Waals surface area contributed by atoms with Crippen LogP contribution in [0.5, 0.6) is 0 Å². The van der Waals surface area contributed by atoms with Gasteiger partial charge in [0.2, 0.25) is 0 Å². The Morgan fingerprint density at radius 3 is 2.95 bits per heavy atom. The van der Waals surface area contributed by atoms with Crippen LogP contribution in [0.2, 0.25) is 0 Å². The zero-order valence-electron chi connectivity index (χ0n) is 12.6. The molecule has 1 fully saturated rings. The van der Waals surface area contributed by atoms with E-state index < -0.39 is 0 Å². The van der Waals surface area contributed by atoms with E-state index in [-0.39, 0.29) is 5.91 Å². The number of hydrogen-bond acceptors (Lipinski definition) is 3. The van der Waals surface area contributed by atoms with Crippen molar-refractivity contribution in [1.29, 1.82) is 0 Å². The van der Waals surface area contributed by atoms with Crippen LogP contribution in [0.15, 0.2) is 24.3 Å². The summed E-state index contributed by atoms with van der Waals surface area (Å²) in [6.07, 6.45) is 1.11. The lowest BCUT2D eigenvalue weighted by atomic mass is 10.3. The molecule has 0 aliphatic carbocycles. The molecule has 4 rings (SSSR count). The van der Waals surface area contributed by atoms with Crippen LogP contribution in [0, 0.1) is 0 Å². The second-order valence-corrected chi connectivity index (χ2v) is 5.82. The summed E-state index contributed by atoms with van der Waals surface area (Å²) in [6, 6.07) is 8.30. The number of benzene rings is 1. The van der Waals surface area contributed by atoms with Crippen LogP contribution < -0.4 is 9.88 Å². The Labute approximate surface area is 129 Å². The van der Waals surface area contributed by atoms with Gasteiger partial charge in [-0.15, -0.1) is 0 Å². The summed E-state index contributed by atoms with van der Waals surface area (Å²) in [6.45, 7) is 5.02. The van der Waals surface area contributed by atoms with E-state index in [9.17, 15) is 4.79 Å². The fourth-order valence-corrected chi connectivity index (χ4v) is 3.36. The van der Waals surface area contributed by atoms with Gasteiger partial charge < -0.3 is 9.64 Å². The van der Waals surface area contributed by atoms with E-state index >= 15 is 0 Å². The zero-order valence-corrected chi connectivity index (χ0v) is 12.6. The second-order valence-electron chi connectivity index (χ2n) is 5.82. The summed E-state index contributed by atoms with van der Waals surface area (Å²) in [7, 11) is 0. The first kappa shape index (κ1) is 13.6. The molecule has 6 nitrogen and oxygen atoms in total. The van der Waals surface area contributed by atoms with Gasteiger partial charge in [0.1, 0.15) is 11.0 Å². The molecule has 22 heavy (non-hydrogen) atoms. The van der Waals surface area contributed by atoms with E-state index in [0.717, 1.165) is 31.0 Å². The van der Waals surface area contributed by atoms with Gasteiger partial charge in [-0.25, -0.2) is 9.13 Å². The maximum Gasteiger partial charge on any atom is 0.358 e. The van der Waals surface area contributed by atoms with Crippen molar-refractivity contribution in [1.82, 2.24) is 9.47 Å². The Kier molecular flexibility index (Phi) is 3.46. The van der Waals surface area contributed by atoms with Gasteiger partial charge in [0, 0.05) is 19.5 Å². The number of imidazole rings is 1. The van der Waals surface area contributed by atoms with Crippen molar-refractivity contribution in [3.63, 3.8) is 0 Å². The number of fused-ring (bicyclic) bond motifs is 3. The number of hydrogen-bond donors (Lipinski definition) is 1. The third kappa shape index (κ3) is 2.23. The minimum atomic E-state index is 0.167. The fraction of sp³-hybridized carbons (Fsp3) is 0.500. The molecule has 0 atom stereocenters. The largest absolute Gasteiger partial charge is 0.378 e. The molecule has 116 valence electrons. The van der Waals surface area contributed by atoms with E-state index in [0.29, 0.717) is 32.8 Å². The van der Waals surface area contributed by atoms with Gasteiger partial charge in [-0.2, -0.15) is 0 Å². The number of ether oxygens (including phenoxy) is 1. The molecule has 1 N–H and O–H groups in total. The maximum absolute atomic E-state index is 12.6. The lowest BCUT2D eigenvalue weighted by Gasteiger charge is -2.26. The highest BCUT2D eigenvalue weighted by Crippen LogP contribution is 2.20. The highest BCUT2D eigenvalue weighted by atomic mass is 16.5. The molecule has 1 saturated heterocycles. The molecule has 0 saturated carbocycles. The Bertz CT molecular complexity index is 703. The smallest absolute Gasteiger partial charge is 0.358 e. The summed E-state index contributed by atoms with van der Waals surface area (Å²) < 4.78 is 9.73. The standard InChI is InChI=1S/C16H20N4O2/c21-15(18-8-10-22-11-9-18)12-20-14-5-2-1-4-13(14)19-7-3-6-17-16(19)20/h1-2,4-5H,3,6-12H2/p+1. The molecule has 0 bridgehead atoms. The van der Waals surface area contributed by atoms with Gasteiger partial charge in [0.15, 0.2) is 6.54 Å². The summed E-state index contributed by atoms with van der Waals surface area (Å²) in [5.74, 6) is 1.22. The zero-order chi connectivity index (χ0) is 14.9. The van der Waals surface area contributed by atoms with Crippen LogP contribution in [-0.2, 0) is 22.6 Å². The SMILES string of the molecule is O=C(Cn1c2[n+](c3ccccc31)CCCN2)N1CCOCC1. The number of amides is 1. The van der Waals surface area contributed by atoms with Crippen molar-refractivity contribution in [2.45, 2.75) is 19.5 Å². The molecule has 3 heterocycles. The number of aryl methyl sites for hydroxylation is 1. The van der Waals surface area contributed by atoms with E-state index in [1.54, 1.807) is 0 Å². The predicted octanol–water partition coefficient (Wildman–Crippen LogP) is 0.603. The highest BCUT2D eigenvalue weighted by Gasteiger charge is 2.28. The van der Waals surface area contributed by atoms with Crippen LogP contribution >= 0.6 is 0 Å². The molecule has 2 aromatic rings. The molecule has 2 aliphatic rings. The van der Waals surface area contributed by atoms with Crippen molar-refractivity contribution in [2.24, 2.45) is 0 Å². The Morgan fingerprint density at radius 2 is 2.09 bits per heavy atom. The average molecular weight is 301 g/mol. The quantitative estimate of drug-likeness (QED) is 0.827. The summed E-state index contributed by atoms with van der Waals surface area (Å²) in [4.78, 5) is 14.5. The summed E-state index contributed by atoms with van der Waals surface area (Å²) >= 11 is 0. The second kappa shape index (κ2) is 5.61. The molecule has 6 heteroatoms. The molecule has 1 aromatic heterocycles. The number of morpholine rings is 1. The lowest BCUT2D eigenvalue weighted by molar-refractivity contribution is -0.661. The number of carbonyl (C=O) groups is 1. The number of anilines is 1. The van der Waals surface area contributed by atoms with Crippen LogP contribution in [-0.4, -0.2) is 48.2 Å². The first-order valence-corrected chi connectivity index (χ1v) is 7.95. The Morgan fingerprint density at radius 1 is 1.27 bits per heavy atom. The minimum Gasteiger partial charge on any atom is -0.378 e. The predicted molar refractivity (Wildman–Crippen MR) is 82.6 cm³/mol. The van der Waals surface area contributed by atoms with Crippen molar-refractivity contribution in [3.05, 3.63) is 24.3 Å². The van der Waals surface area contributed by atoms with Gasteiger partial charge in [-0.3, -0.25) is 10.1 Å².